The van der Waals surface area contributed by atoms with Crippen LogP contribution in [0.2, 0.25) is 0 Å². The number of hydrogen-bond acceptors (Lipinski definition) is 4. The predicted octanol–water partition coefficient (Wildman–Crippen LogP) is 4.21. The minimum absolute atomic E-state index is 0.129. The van der Waals surface area contributed by atoms with Gasteiger partial charge in [0.2, 0.25) is 10.0 Å². The molecule has 0 amide bonds. The van der Waals surface area contributed by atoms with Gasteiger partial charge in [-0.3, -0.25) is 9.78 Å². The van der Waals surface area contributed by atoms with E-state index in [0.29, 0.717) is 25.7 Å². The minimum Gasteiger partial charge on any atom is -0.481 e. The number of carboxylic acids is 1. The molecule has 170 valence electrons. The quantitative estimate of drug-likeness (QED) is 0.464. The number of carbonyl (C=O) groups is 1. The van der Waals surface area contributed by atoms with E-state index in [-0.39, 0.29) is 17.4 Å². The Bertz CT molecular complexity index is 1260. The van der Waals surface area contributed by atoms with Crippen molar-refractivity contribution < 1.29 is 18.3 Å². The van der Waals surface area contributed by atoms with Crippen LogP contribution in [0.4, 0.5) is 0 Å². The molecule has 0 bridgehead atoms. The second-order valence-electron chi connectivity index (χ2n) is 8.17. The summed E-state index contributed by atoms with van der Waals surface area (Å²) in [5.41, 5.74) is 5.24. The number of carboxylic acid groups (broad SMARTS) is 1. The van der Waals surface area contributed by atoms with Gasteiger partial charge in [-0.15, -0.1) is 0 Å². The number of sulfonamides is 1. The summed E-state index contributed by atoms with van der Waals surface area (Å²) < 4.78 is 28.3. The van der Waals surface area contributed by atoms with Gasteiger partial charge in [0.05, 0.1) is 4.90 Å². The first-order chi connectivity index (χ1) is 15.9. The molecule has 6 nitrogen and oxygen atoms in total. The molecule has 0 spiro atoms. The maximum absolute atomic E-state index is 12.7. The van der Waals surface area contributed by atoms with Gasteiger partial charge in [0.15, 0.2) is 0 Å². The van der Waals surface area contributed by atoms with Crippen molar-refractivity contribution in [2.45, 2.75) is 43.0 Å². The van der Waals surface area contributed by atoms with Crippen LogP contribution in [0, 0.1) is 0 Å². The minimum atomic E-state index is -3.57. The van der Waals surface area contributed by atoms with Crippen LogP contribution >= 0.6 is 0 Å². The third-order valence-corrected chi connectivity index (χ3v) is 7.28. The van der Waals surface area contributed by atoms with Crippen molar-refractivity contribution in [1.29, 1.82) is 0 Å². The van der Waals surface area contributed by atoms with E-state index in [9.17, 15) is 13.2 Å². The van der Waals surface area contributed by atoms with E-state index >= 15 is 0 Å². The number of aliphatic carboxylic acids is 1. The monoisotopic (exact) mass is 462 g/mol. The molecule has 1 aromatic heterocycles. The predicted molar refractivity (Wildman–Crippen MR) is 127 cm³/mol. The third kappa shape index (κ3) is 5.74. The van der Waals surface area contributed by atoms with Crippen LogP contribution in [-0.4, -0.2) is 30.5 Å². The Labute approximate surface area is 194 Å². The Morgan fingerprint density at radius 2 is 1.82 bits per heavy atom. The molecule has 4 rings (SSSR count). The molecular weight excluding hydrogens is 436 g/mol. The molecule has 2 N–H and O–H groups in total. The highest BCUT2D eigenvalue weighted by molar-refractivity contribution is 7.89. The topological polar surface area (TPSA) is 96.4 Å². The standard InChI is InChI=1S/C26H26N2O4S/c29-26(30)11-5-4-10-25(21-7-6-14-27-18-21)20-13-12-19-16-23(17-22(19)15-20)28-33(31,32)24-8-2-1-3-9-24/h1-3,6-10,12-15,18,23,28H,4-5,11,16-17H2,(H,29,30). The number of rotatable bonds is 9. The van der Waals surface area contributed by atoms with E-state index in [1.165, 1.54) is 0 Å². The largest absolute Gasteiger partial charge is 0.481 e. The molecule has 2 aromatic carbocycles. The fourth-order valence-corrected chi connectivity index (χ4v) is 5.44. The number of allylic oxidation sites excluding steroid dienone is 1. The van der Waals surface area contributed by atoms with Crippen LogP contribution < -0.4 is 4.72 Å². The number of unbranched alkanes of at least 4 members (excludes halogenated alkanes) is 1. The van der Waals surface area contributed by atoms with E-state index in [1.54, 1.807) is 42.7 Å². The van der Waals surface area contributed by atoms with Gasteiger partial charge in [0, 0.05) is 30.4 Å². The summed E-state index contributed by atoms with van der Waals surface area (Å²) in [5, 5.41) is 8.92. The molecule has 0 aliphatic heterocycles. The summed E-state index contributed by atoms with van der Waals surface area (Å²) in [4.78, 5) is 15.4. The summed E-state index contributed by atoms with van der Waals surface area (Å²) in [6.45, 7) is 0. The first-order valence-corrected chi connectivity index (χ1v) is 12.4. The van der Waals surface area contributed by atoms with Gasteiger partial charge in [-0.25, -0.2) is 13.1 Å². The number of nitrogens with zero attached hydrogens (tertiary/aromatic N) is 1. The fraction of sp³-hybridized carbons (Fsp3) is 0.231. The van der Waals surface area contributed by atoms with E-state index in [2.05, 4.69) is 27.9 Å². The molecular formula is C26H26N2O4S. The van der Waals surface area contributed by atoms with Crippen LogP contribution in [0.5, 0.6) is 0 Å². The van der Waals surface area contributed by atoms with Crippen molar-refractivity contribution in [2.75, 3.05) is 0 Å². The third-order valence-electron chi connectivity index (χ3n) is 5.74. The number of nitrogens with one attached hydrogen (secondary N) is 1. The van der Waals surface area contributed by atoms with Gasteiger partial charge >= 0.3 is 5.97 Å². The lowest BCUT2D eigenvalue weighted by Crippen LogP contribution is -2.35. The second kappa shape index (κ2) is 10.1. The lowest BCUT2D eigenvalue weighted by Gasteiger charge is -2.12. The highest BCUT2D eigenvalue weighted by Crippen LogP contribution is 2.30. The van der Waals surface area contributed by atoms with Gasteiger partial charge in [-0.05, 0) is 66.1 Å². The van der Waals surface area contributed by atoms with Crippen molar-refractivity contribution >= 4 is 21.6 Å². The Morgan fingerprint density at radius 1 is 1.03 bits per heavy atom. The van der Waals surface area contributed by atoms with E-state index in [1.807, 2.05) is 18.2 Å². The van der Waals surface area contributed by atoms with Crippen LogP contribution in [0.3, 0.4) is 0 Å². The second-order valence-corrected chi connectivity index (χ2v) is 9.88. The summed E-state index contributed by atoms with van der Waals surface area (Å²) in [6, 6.07) is 18.3. The average Bonchev–Trinajstić information content (AvgIpc) is 3.21. The first kappa shape index (κ1) is 22.9. The van der Waals surface area contributed by atoms with Gasteiger partial charge in [0.1, 0.15) is 0 Å². The van der Waals surface area contributed by atoms with Crippen molar-refractivity contribution in [3.05, 3.63) is 101 Å². The molecule has 33 heavy (non-hydrogen) atoms. The van der Waals surface area contributed by atoms with Crippen LogP contribution in [0.25, 0.3) is 5.57 Å². The summed E-state index contributed by atoms with van der Waals surface area (Å²) in [5.74, 6) is -0.798. The number of fused-ring (bicyclic) bond motifs is 1. The lowest BCUT2D eigenvalue weighted by molar-refractivity contribution is -0.137. The SMILES string of the molecule is O=C(O)CCCC=C(c1cccnc1)c1ccc2c(c1)CC(NS(=O)(=O)c1ccccc1)C2. The number of benzene rings is 2. The average molecular weight is 463 g/mol. The Hall–Kier alpha value is -3.29. The van der Waals surface area contributed by atoms with Crippen molar-refractivity contribution in [3.63, 3.8) is 0 Å². The first-order valence-electron chi connectivity index (χ1n) is 10.9. The van der Waals surface area contributed by atoms with Crippen molar-refractivity contribution in [3.8, 4) is 0 Å². The Kier molecular flexibility index (Phi) is 7.01. The van der Waals surface area contributed by atoms with Crippen LogP contribution in [0.15, 0.2) is 84.0 Å². The highest BCUT2D eigenvalue weighted by Gasteiger charge is 2.27. The van der Waals surface area contributed by atoms with Crippen LogP contribution in [-0.2, 0) is 27.7 Å². The Morgan fingerprint density at radius 3 is 2.55 bits per heavy atom. The zero-order valence-electron chi connectivity index (χ0n) is 18.1. The molecule has 3 aromatic rings. The maximum Gasteiger partial charge on any atom is 0.303 e. The molecule has 0 radical (unpaired) electrons. The van der Waals surface area contributed by atoms with E-state index in [4.69, 9.17) is 5.11 Å². The van der Waals surface area contributed by atoms with Crippen molar-refractivity contribution in [1.82, 2.24) is 9.71 Å². The normalized spacial score (nSPS) is 15.9. The number of hydrogen-bond donors (Lipinski definition) is 2. The smallest absolute Gasteiger partial charge is 0.303 e. The van der Waals surface area contributed by atoms with Gasteiger partial charge in [-0.1, -0.05) is 48.5 Å². The molecule has 1 atom stereocenters. The lowest BCUT2D eigenvalue weighted by atomic mass is 9.95. The highest BCUT2D eigenvalue weighted by atomic mass is 32.2. The zero-order chi connectivity index (χ0) is 23.3. The van der Waals surface area contributed by atoms with E-state index in [0.717, 1.165) is 27.8 Å². The van der Waals surface area contributed by atoms with Crippen LogP contribution in [0.1, 0.15) is 41.5 Å². The Balaban J connectivity index is 1.54. The molecule has 1 unspecified atom stereocenters. The van der Waals surface area contributed by atoms with Gasteiger partial charge in [0.25, 0.3) is 0 Å². The molecule has 0 fully saturated rings. The maximum atomic E-state index is 12.7. The number of pyridine rings is 1. The summed E-state index contributed by atoms with van der Waals surface area (Å²) >= 11 is 0. The molecule has 7 heteroatoms. The van der Waals surface area contributed by atoms with Crippen molar-refractivity contribution in [2.24, 2.45) is 0 Å². The summed E-state index contributed by atoms with van der Waals surface area (Å²) in [6.07, 6.45) is 8.18. The fourth-order valence-electron chi connectivity index (χ4n) is 4.18. The van der Waals surface area contributed by atoms with Gasteiger partial charge in [-0.2, -0.15) is 0 Å². The summed E-state index contributed by atoms with van der Waals surface area (Å²) in [7, 11) is -3.57. The van der Waals surface area contributed by atoms with Gasteiger partial charge < -0.3 is 5.11 Å². The molecule has 0 saturated heterocycles. The molecule has 0 saturated carbocycles. The molecule has 1 aliphatic carbocycles. The zero-order valence-corrected chi connectivity index (χ0v) is 19.0. The molecule has 1 heterocycles. The number of aromatic nitrogens is 1. The van der Waals surface area contributed by atoms with E-state index < -0.39 is 16.0 Å². The molecule has 1 aliphatic rings.